The molecule has 0 amide bonds. The third-order valence-electron chi connectivity index (χ3n) is 5.20. The molecule has 0 aromatic heterocycles. The van der Waals surface area contributed by atoms with E-state index in [2.05, 4.69) is 17.5 Å². The van der Waals surface area contributed by atoms with Gasteiger partial charge in [-0.25, -0.2) is 4.99 Å². The Morgan fingerprint density at radius 2 is 1.78 bits per heavy atom. The van der Waals surface area contributed by atoms with E-state index in [0.717, 1.165) is 22.8 Å². The molecule has 0 unspecified atom stereocenters. The summed E-state index contributed by atoms with van der Waals surface area (Å²) < 4.78 is -0.846. The van der Waals surface area contributed by atoms with Gasteiger partial charge in [-0.2, -0.15) is 10.5 Å². The summed E-state index contributed by atoms with van der Waals surface area (Å²) in [5, 5.41) is 24.4. The van der Waals surface area contributed by atoms with E-state index in [1.807, 2.05) is 57.2 Å². The van der Waals surface area contributed by atoms with E-state index < -0.39 is 21.1 Å². The maximum Gasteiger partial charge on any atom is 0.178 e. The lowest BCUT2D eigenvalue weighted by molar-refractivity contribution is 0.218. The molecule has 0 spiro atoms. The number of nitrogens with two attached hydrogens (primary N) is 1. The molecule has 0 saturated heterocycles. The third kappa shape index (κ3) is 2.49. The van der Waals surface area contributed by atoms with Crippen LogP contribution in [-0.2, 0) is 0 Å². The molecule has 2 aliphatic heterocycles. The van der Waals surface area contributed by atoms with Gasteiger partial charge < -0.3 is 11.1 Å². The second kappa shape index (κ2) is 7.14. The fourth-order valence-corrected chi connectivity index (χ4v) is 7.31. The molecular weight excluding hydrogens is 374 g/mol. The first kappa shape index (κ1) is 19.7. The Morgan fingerprint density at radius 3 is 2.30 bits per heavy atom. The van der Waals surface area contributed by atoms with Crippen LogP contribution < -0.4 is 11.1 Å². The first-order valence-corrected chi connectivity index (χ1v) is 10.9. The molecule has 2 heterocycles. The normalized spacial score (nSPS) is 30.9. The van der Waals surface area contributed by atoms with E-state index in [1.54, 1.807) is 23.5 Å². The number of nitrogens with one attached hydrogen (secondary N) is 1. The summed E-state index contributed by atoms with van der Waals surface area (Å²) in [6.45, 7) is 6.01. The van der Waals surface area contributed by atoms with E-state index in [4.69, 9.17) is 10.7 Å². The first-order valence-electron chi connectivity index (χ1n) is 8.94. The molecular formula is C20H23N5S2. The summed E-state index contributed by atoms with van der Waals surface area (Å²) in [5.74, 6) is 1.77. The summed E-state index contributed by atoms with van der Waals surface area (Å²) in [7, 11) is 0. The molecule has 0 radical (unpaired) electrons. The number of amidine groups is 1. The van der Waals surface area contributed by atoms with Crippen molar-refractivity contribution in [3.8, 4) is 12.1 Å². The highest BCUT2D eigenvalue weighted by molar-refractivity contribution is 8.18. The van der Waals surface area contributed by atoms with Crippen LogP contribution in [0.25, 0.3) is 0 Å². The molecule has 140 valence electrons. The maximum atomic E-state index is 10.5. The standard InChI is InChI=1S/C20H23N5S2/c1-4-26-20(27-5-2)18(12-21)11-14(3)24-16(15-9-7-6-8-10-15)19(18,13-22)17(23)25-20/h6-11,16,24H,4-5H2,1-3H3,(H2,23,25)/t16-,18+,19+/m0/s1. The van der Waals surface area contributed by atoms with Gasteiger partial charge >= 0.3 is 0 Å². The SMILES string of the molecule is CCSC1(SCC)N=C(N)[C@@]2(C#N)[C@H](c3ccccc3)NC(C)=C[C@]12C#N. The molecule has 1 aromatic carbocycles. The number of fused-ring (bicyclic) bond motifs is 1. The minimum Gasteiger partial charge on any atom is -0.386 e. The zero-order chi connectivity index (χ0) is 19.7. The van der Waals surface area contributed by atoms with E-state index in [0.29, 0.717) is 0 Å². The van der Waals surface area contributed by atoms with Gasteiger partial charge in [-0.3, -0.25) is 0 Å². The van der Waals surface area contributed by atoms with Crippen molar-refractivity contribution in [2.24, 2.45) is 21.6 Å². The largest absolute Gasteiger partial charge is 0.386 e. The molecule has 7 heteroatoms. The highest BCUT2D eigenvalue weighted by Gasteiger charge is 2.74. The van der Waals surface area contributed by atoms with Crippen molar-refractivity contribution < 1.29 is 0 Å². The molecule has 0 bridgehead atoms. The zero-order valence-corrected chi connectivity index (χ0v) is 17.3. The van der Waals surface area contributed by atoms with Crippen molar-refractivity contribution in [1.82, 2.24) is 5.32 Å². The second-order valence-electron chi connectivity index (χ2n) is 6.60. The summed E-state index contributed by atoms with van der Waals surface area (Å²) in [6, 6.07) is 14.2. The topological polar surface area (TPSA) is 98.0 Å². The predicted octanol–water partition coefficient (Wildman–Crippen LogP) is 3.79. The van der Waals surface area contributed by atoms with Crippen molar-refractivity contribution in [1.29, 1.82) is 10.5 Å². The summed E-state index contributed by atoms with van der Waals surface area (Å²) in [6.07, 6.45) is 1.88. The predicted molar refractivity (Wildman–Crippen MR) is 113 cm³/mol. The van der Waals surface area contributed by atoms with Crippen molar-refractivity contribution in [2.75, 3.05) is 11.5 Å². The number of nitriles is 2. The zero-order valence-electron chi connectivity index (χ0n) is 15.7. The quantitative estimate of drug-likeness (QED) is 0.734. The summed E-state index contributed by atoms with van der Waals surface area (Å²) in [4.78, 5) is 4.83. The second-order valence-corrected chi connectivity index (χ2v) is 9.77. The molecule has 0 aliphatic carbocycles. The summed E-state index contributed by atoms with van der Waals surface area (Å²) >= 11 is 3.17. The van der Waals surface area contributed by atoms with Gasteiger partial charge in [-0.1, -0.05) is 44.2 Å². The number of allylic oxidation sites excluding steroid dienone is 1. The molecule has 3 N–H and O–H groups in total. The van der Waals surface area contributed by atoms with Crippen molar-refractivity contribution >= 4 is 29.4 Å². The van der Waals surface area contributed by atoms with Crippen LogP contribution >= 0.6 is 23.5 Å². The molecule has 2 aliphatic rings. The number of hydrogen-bond acceptors (Lipinski definition) is 7. The number of thioether (sulfide) groups is 2. The fraction of sp³-hybridized carbons (Fsp3) is 0.450. The lowest BCUT2D eigenvalue weighted by Crippen LogP contribution is -2.59. The molecule has 0 saturated carbocycles. The van der Waals surface area contributed by atoms with Crippen LogP contribution in [0.3, 0.4) is 0 Å². The molecule has 0 fully saturated rings. The lowest BCUT2D eigenvalue weighted by Gasteiger charge is -2.49. The maximum absolute atomic E-state index is 10.5. The Labute approximate surface area is 169 Å². The van der Waals surface area contributed by atoms with Gasteiger partial charge in [0.1, 0.15) is 11.3 Å². The third-order valence-corrected chi connectivity index (χ3v) is 8.09. The number of rotatable bonds is 5. The van der Waals surface area contributed by atoms with Crippen LogP contribution in [0.4, 0.5) is 0 Å². The average Bonchev–Trinajstić information content (AvgIpc) is 2.88. The highest BCUT2D eigenvalue weighted by Crippen LogP contribution is 2.68. The Kier molecular flexibility index (Phi) is 5.20. The number of nitrogens with zero attached hydrogens (tertiary/aromatic N) is 3. The number of aliphatic imine (C=N–C) groups is 1. The van der Waals surface area contributed by atoms with Gasteiger partial charge in [0.05, 0.1) is 18.2 Å². The van der Waals surface area contributed by atoms with E-state index >= 15 is 0 Å². The van der Waals surface area contributed by atoms with Gasteiger partial charge in [0.2, 0.25) is 0 Å². The van der Waals surface area contributed by atoms with Crippen LogP contribution in [0, 0.1) is 33.5 Å². The van der Waals surface area contributed by atoms with Gasteiger partial charge in [0.15, 0.2) is 9.62 Å². The first-order chi connectivity index (χ1) is 13.0. The van der Waals surface area contributed by atoms with Gasteiger partial charge in [0, 0.05) is 5.70 Å². The van der Waals surface area contributed by atoms with E-state index in [1.165, 1.54) is 0 Å². The monoisotopic (exact) mass is 397 g/mol. The van der Waals surface area contributed by atoms with Crippen LogP contribution in [0.2, 0.25) is 0 Å². The Hall–Kier alpha value is -2.09. The van der Waals surface area contributed by atoms with Crippen molar-refractivity contribution in [3.63, 3.8) is 0 Å². The van der Waals surface area contributed by atoms with Crippen LogP contribution in [0.15, 0.2) is 47.1 Å². The average molecular weight is 398 g/mol. The van der Waals surface area contributed by atoms with Gasteiger partial charge in [-0.05, 0) is 30.1 Å². The molecule has 1 aromatic rings. The van der Waals surface area contributed by atoms with Crippen molar-refractivity contribution in [3.05, 3.63) is 47.7 Å². The smallest absolute Gasteiger partial charge is 0.178 e. The highest BCUT2D eigenvalue weighted by atomic mass is 32.2. The van der Waals surface area contributed by atoms with E-state index in [9.17, 15) is 10.5 Å². The van der Waals surface area contributed by atoms with Crippen molar-refractivity contribution in [2.45, 2.75) is 31.0 Å². The van der Waals surface area contributed by atoms with Gasteiger partial charge in [-0.15, -0.1) is 23.5 Å². The molecule has 3 rings (SSSR count). The lowest BCUT2D eigenvalue weighted by atomic mass is 9.58. The molecule has 3 atom stereocenters. The Balaban J connectivity index is 2.35. The van der Waals surface area contributed by atoms with Crippen LogP contribution in [0.5, 0.6) is 0 Å². The van der Waals surface area contributed by atoms with Crippen LogP contribution in [-0.4, -0.2) is 21.5 Å². The van der Waals surface area contributed by atoms with Crippen LogP contribution in [0.1, 0.15) is 32.4 Å². The molecule has 5 nitrogen and oxygen atoms in total. The minimum absolute atomic E-state index is 0.235. The number of benzene rings is 1. The minimum atomic E-state index is -1.28. The Morgan fingerprint density at radius 1 is 1.15 bits per heavy atom. The molecule has 27 heavy (non-hydrogen) atoms. The summed E-state index contributed by atoms with van der Waals surface area (Å²) in [5.41, 5.74) is 5.81. The number of hydrogen-bond donors (Lipinski definition) is 2. The van der Waals surface area contributed by atoms with Gasteiger partial charge in [0.25, 0.3) is 0 Å². The fourth-order valence-electron chi connectivity index (χ4n) is 4.17. The Bertz CT molecular complexity index is 861. The van der Waals surface area contributed by atoms with E-state index in [-0.39, 0.29) is 5.84 Å².